The first kappa shape index (κ1) is 18.4. The van der Waals surface area contributed by atoms with Gasteiger partial charge in [0.1, 0.15) is 10.6 Å². The number of ether oxygens (including phenoxy) is 1. The van der Waals surface area contributed by atoms with Crippen LogP contribution < -0.4 is 10.1 Å². The lowest BCUT2D eigenvalue weighted by atomic mass is 10.2. The molecule has 0 aliphatic carbocycles. The van der Waals surface area contributed by atoms with Gasteiger partial charge in [-0.05, 0) is 19.4 Å². The molecule has 0 radical (unpaired) electrons. The molecular weight excluding hydrogens is 361 g/mol. The summed E-state index contributed by atoms with van der Waals surface area (Å²) in [5.41, 5.74) is 0. The highest BCUT2D eigenvalue weighted by Crippen LogP contribution is 2.34. The summed E-state index contributed by atoms with van der Waals surface area (Å²) in [6, 6.07) is 2.31. The van der Waals surface area contributed by atoms with Crippen LogP contribution in [0.1, 0.15) is 20.3 Å². The van der Waals surface area contributed by atoms with Crippen LogP contribution in [0.15, 0.2) is 17.0 Å². The van der Waals surface area contributed by atoms with E-state index in [-0.39, 0.29) is 39.2 Å². The summed E-state index contributed by atoms with van der Waals surface area (Å²) in [6.45, 7) is 3.54. The molecule has 0 heterocycles. The summed E-state index contributed by atoms with van der Waals surface area (Å²) in [5.74, 6) is -0.212. The monoisotopic (exact) mass is 373 g/mol. The largest absolute Gasteiger partial charge is 0.482 e. The van der Waals surface area contributed by atoms with E-state index in [2.05, 4.69) is 5.32 Å². The Kier molecular flexibility index (Phi) is 6.59. The fraction of sp³-hybridized carbons (Fsp3) is 0.417. The second-order valence-electron chi connectivity index (χ2n) is 4.32. The van der Waals surface area contributed by atoms with Crippen molar-refractivity contribution in [2.45, 2.75) is 31.2 Å². The Morgan fingerprint density at radius 2 is 1.95 bits per heavy atom. The number of carbonyl (C=O) groups is 1. The first-order valence-electron chi connectivity index (χ1n) is 6.01. The van der Waals surface area contributed by atoms with Gasteiger partial charge in [0.05, 0.1) is 10.0 Å². The highest BCUT2D eigenvalue weighted by molar-refractivity contribution is 8.13. The van der Waals surface area contributed by atoms with E-state index in [9.17, 15) is 13.2 Å². The molecule has 0 saturated heterocycles. The smallest absolute Gasteiger partial charge is 0.262 e. The predicted molar refractivity (Wildman–Crippen MR) is 82.9 cm³/mol. The van der Waals surface area contributed by atoms with Crippen molar-refractivity contribution in [2.24, 2.45) is 0 Å². The highest BCUT2D eigenvalue weighted by atomic mass is 35.7. The summed E-state index contributed by atoms with van der Waals surface area (Å²) in [4.78, 5) is 11.3. The molecule has 9 heteroatoms. The molecule has 21 heavy (non-hydrogen) atoms. The Labute approximate surface area is 137 Å². The molecule has 1 aromatic carbocycles. The van der Waals surface area contributed by atoms with E-state index in [0.29, 0.717) is 0 Å². The number of hydrogen-bond donors (Lipinski definition) is 1. The van der Waals surface area contributed by atoms with E-state index in [1.807, 2.05) is 13.8 Å². The molecule has 0 aliphatic rings. The molecule has 0 fully saturated rings. The molecule has 1 atom stereocenters. The maximum absolute atomic E-state index is 11.6. The van der Waals surface area contributed by atoms with Crippen molar-refractivity contribution in [1.29, 1.82) is 0 Å². The normalized spacial score (nSPS) is 12.8. The van der Waals surface area contributed by atoms with Gasteiger partial charge < -0.3 is 10.1 Å². The molecule has 1 N–H and O–H groups in total. The van der Waals surface area contributed by atoms with Gasteiger partial charge in [0.25, 0.3) is 15.0 Å². The second-order valence-corrected chi connectivity index (χ2v) is 7.67. The van der Waals surface area contributed by atoms with Crippen molar-refractivity contribution < 1.29 is 17.9 Å². The van der Waals surface area contributed by atoms with Gasteiger partial charge in [-0.1, -0.05) is 30.1 Å². The lowest BCUT2D eigenvalue weighted by Gasteiger charge is -2.13. The van der Waals surface area contributed by atoms with Crippen molar-refractivity contribution in [3.63, 3.8) is 0 Å². The summed E-state index contributed by atoms with van der Waals surface area (Å²) in [5, 5.41) is 2.58. The van der Waals surface area contributed by atoms with Crippen LogP contribution in [0.5, 0.6) is 5.75 Å². The molecule has 1 unspecified atom stereocenters. The van der Waals surface area contributed by atoms with Crippen LogP contribution in [0.25, 0.3) is 0 Å². The molecular formula is C12H14Cl3NO4S. The lowest BCUT2D eigenvalue weighted by molar-refractivity contribution is -0.123. The van der Waals surface area contributed by atoms with Crippen LogP contribution in [0.3, 0.4) is 0 Å². The SMILES string of the molecule is CCC(C)NC(=O)COc1cc(Cl)c(S(=O)(=O)Cl)cc1Cl. The number of carbonyl (C=O) groups excluding carboxylic acids is 1. The number of hydrogen-bond acceptors (Lipinski definition) is 4. The predicted octanol–water partition coefficient (Wildman–Crippen LogP) is 3.21. The van der Waals surface area contributed by atoms with Crippen LogP contribution >= 0.6 is 33.9 Å². The second kappa shape index (κ2) is 7.54. The van der Waals surface area contributed by atoms with Crippen LogP contribution in [0, 0.1) is 0 Å². The molecule has 0 aliphatic heterocycles. The fourth-order valence-corrected chi connectivity index (χ4v) is 3.16. The Balaban J connectivity index is 2.82. The molecule has 118 valence electrons. The highest BCUT2D eigenvalue weighted by Gasteiger charge is 2.18. The minimum atomic E-state index is -4.00. The third-order valence-electron chi connectivity index (χ3n) is 2.63. The van der Waals surface area contributed by atoms with Crippen LogP contribution in [0.2, 0.25) is 10.0 Å². The Morgan fingerprint density at radius 1 is 1.33 bits per heavy atom. The van der Waals surface area contributed by atoms with Gasteiger partial charge in [-0.3, -0.25) is 4.79 Å². The number of rotatable bonds is 6. The van der Waals surface area contributed by atoms with Gasteiger partial charge in [-0.15, -0.1) is 0 Å². The minimum absolute atomic E-state index is 0.00466. The van der Waals surface area contributed by atoms with Gasteiger partial charge in [0.15, 0.2) is 6.61 Å². The van der Waals surface area contributed by atoms with E-state index in [1.165, 1.54) is 6.07 Å². The maximum atomic E-state index is 11.6. The van der Waals surface area contributed by atoms with E-state index in [0.717, 1.165) is 12.5 Å². The Hall–Kier alpha value is -0.690. The molecule has 0 saturated carbocycles. The third kappa shape index (κ3) is 5.54. The number of nitrogens with one attached hydrogen (secondary N) is 1. The zero-order valence-corrected chi connectivity index (χ0v) is 14.4. The average molecular weight is 375 g/mol. The Bertz CT molecular complexity index is 634. The van der Waals surface area contributed by atoms with E-state index in [4.69, 9.17) is 38.6 Å². The molecule has 0 aromatic heterocycles. The van der Waals surface area contributed by atoms with Gasteiger partial charge in [-0.25, -0.2) is 8.42 Å². The lowest BCUT2D eigenvalue weighted by Crippen LogP contribution is -2.35. The first-order valence-corrected chi connectivity index (χ1v) is 9.07. The van der Waals surface area contributed by atoms with E-state index in [1.54, 1.807) is 0 Å². The summed E-state index contributed by atoms with van der Waals surface area (Å²) < 4.78 is 27.7. The zero-order chi connectivity index (χ0) is 16.2. The van der Waals surface area contributed by atoms with Crippen molar-refractivity contribution >= 4 is 48.8 Å². The molecule has 1 amide bonds. The minimum Gasteiger partial charge on any atom is -0.482 e. The van der Waals surface area contributed by atoms with Crippen molar-refractivity contribution in [1.82, 2.24) is 5.32 Å². The van der Waals surface area contributed by atoms with Crippen molar-refractivity contribution in [3.8, 4) is 5.75 Å². The van der Waals surface area contributed by atoms with Crippen molar-refractivity contribution in [2.75, 3.05) is 6.61 Å². The van der Waals surface area contributed by atoms with E-state index < -0.39 is 9.05 Å². The third-order valence-corrected chi connectivity index (χ3v) is 4.71. The summed E-state index contributed by atoms with van der Waals surface area (Å²) in [6.07, 6.45) is 0.792. The quantitative estimate of drug-likeness (QED) is 0.776. The average Bonchev–Trinajstić information content (AvgIpc) is 2.37. The number of benzene rings is 1. The van der Waals surface area contributed by atoms with Gasteiger partial charge in [0, 0.05) is 22.8 Å². The molecule has 1 aromatic rings. The van der Waals surface area contributed by atoms with Crippen LogP contribution in [0.4, 0.5) is 0 Å². The molecule has 5 nitrogen and oxygen atoms in total. The number of amides is 1. The van der Waals surface area contributed by atoms with E-state index >= 15 is 0 Å². The maximum Gasteiger partial charge on any atom is 0.262 e. The Morgan fingerprint density at radius 3 is 2.48 bits per heavy atom. The molecule has 1 rings (SSSR count). The van der Waals surface area contributed by atoms with Crippen LogP contribution in [-0.2, 0) is 13.8 Å². The summed E-state index contributed by atoms with van der Waals surface area (Å²) >= 11 is 11.7. The van der Waals surface area contributed by atoms with Crippen molar-refractivity contribution in [3.05, 3.63) is 22.2 Å². The van der Waals surface area contributed by atoms with Gasteiger partial charge in [0.2, 0.25) is 0 Å². The fourth-order valence-electron chi connectivity index (χ4n) is 1.37. The zero-order valence-electron chi connectivity index (χ0n) is 11.3. The molecule has 0 bridgehead atoms. The van der Waals surface area contributed by atoms with Gasteiger partial charge >= 0.3 is 0 Å². The molecule has 0 spiro atoms. The summed E-state index contributed by atoms with van der Waals surface area (Å²) in [7, 11) is 1.21. The number of halogens is 3. The standard InChI is InChI=1S/C12H14Cl3NO4S/c1-3-7(2)16-12(17)6-20-10-4-9(14)11(5-8(10)13)21(15,18)19/h4-5,7H,3,6H2,1-2H3,(H,16,17). The van der Waals surface area contributed by atoms with Gasteiger partial charge in [-0.2, -0.15) is 0 Å². The topological polar surface area (TPSA) is 72.5 Å². The van der Waals surface area contributed by atoms with Crippen LogP contribution in [-0.4, -0.2) is 27.0 Å². The first-order chi connectivity index (χ1) is 9.65.